The van der Waals surface area contributed by atoms with Crippen molar-refractivity contribution in [2.45, 2.75) is 37.2 Å². The number of aliphatic carboxylic acids is 2. The largest absolute Gasteiger partial charge is 0.479 e. The molecule has 2 atom stereocenters. The van der Waals surface area contributed by atoms with Crippen LogP contribution in [0, 0.1) is 11.3 Å². The van der Waals surface area contributed by atoms with Crippen molar-refractivity contribution in [3.05, 3.63) is 47.0 Å². The molecule has 1 fully saturated rings. The number of imidazole rings is 1. The first-order chi connectivity index (χ1) is 16.2. The number of rotatable bonds is 8. The van der Waals surface area contributed by atoms with Crippen LogP contribution in [-0.4, -0.2) is 60.0 Å². The van der Waals surface area contributed by atoms with Crippen LogP contribution in [0.3, 0.4) is 0 Å². The predicted octanol–water partition coefficient (Wildman–Crippen LogP) is 1.78. The van der Waals surface area contributed by atoms with Crippen molar-refractivity contribution in [3.8, 4) is 6.07 Å². The number of nitrogens with two attached hydrogens (primary N) is 1. The molecular weight excluding hydrogens is 468 g/mol. The smallest absolute Gasteiger partial charge is 0.348 e. The van der Waals surface area contributed by atoms with Crippen molar-refractivity contribution >= 4 is 40.5 Å². The Morgan fingerprint density at radius 1 is 1.29 bits per heavy atom. The number of carboxylic acids is 2. The van der Waals surface area contributed by atoms with Crippen LogP contribution < -0.4 is 5.73 Å². The van der Waals surface area contributed by atoms with Crippen LogP contribution in [0.5, 0.6) is 0 Å². The topological polar surface area (TPSA) is 186 Å². The Morgan fingerprint density at radius 2 is 2.03 bits per heavy atom. The molecule has 176 valence electrons. The molecule has 12 nitrogen and oxygen atoms in total. The number of nitrogens with zero attached hydrogens (tertiary/aromatic N) is 5. The highest BCUT2D eigenvalue weighted by atomic mass is 35.5. The average molecular weight is 487 g/mol. The summed E-state index contributed by atoms with van der Waals surface area (Å²) >= 11 is 5.90. The molecule has 1 aliphatic heterocycles. The van der Waals surface area contributed by atoms with Crippen molar-refractivity contribution < 1.29 is 29.3 Å². The van der Waals surface area contributed by atoms with Gasteiger partial charge in [-0.15, -0.1) is 0 Å². The number of fused-ring (bicyclic) bond motifs is 1. The number of halogens is 1. The van der Waals surface area contributed by atoms with Crippen LogP contribution in [0.25, 0.3) is 11.2 Å². The van der Waals surface area contributed by atoms with Gasteiger partial charge in [-0.05, 0) is 36.1 Å². The molecule has 0 unspecified atom stereocenters. The first-order valence-electron chi connectivity index (χ1n) is 10.1. The number of carbonyl (C=O) groups is 2. The summed E-state index contributed by atoms with van der Waals surface area (Å²) in [5, 5.41) is 28.8. The van der Waals surface area contributed by atoms with Gasteiger partial charge in [0.05, 0.1) is 30.7 Å². The van der Waals surface area contributed by atoms with Gasteiger partial charge < -0.3 is 25.4 Å². The van der Waals surface area contributed by atoms with E-state index in [1.165, 1.54) is 18.5 Å². The van der Waals surface area contributed by atoms with E-state index in [9.17, 15) is 25.1 Å². The highest BCUT2D eigenvalue weighted by Gasteiger charge is 2.49. The first-order valence-corrected chi connectivity index (χ1v) is 10.5. The summed E-state index contributed by atoms with van der Waals surface area (Å²) in [6.07, 6.45) is 0.804. The lowest BCUT2D eigenvalue weighted by Crippen LogP contribution is -2.52. The van der Waals surface area contributed by atoms with Crippen LogP contribution in [0.15, 0.2) is 30.6 Å². The predicted molar refractivity (Wildman–Crippen MR) is 117 cm³/mol. The Labute approximate surface area is 197 Å². The summed E-state index contributed by atoms with van der Waals surface area (Å²) in [7, 11) is 0. The Kier molecular flexibility index (Phi) is 6.34. The van der Waals surface area contributed by atoms with Gasteiger partial charge in [0, 0.05) is 6.42 Å². The lowest BCUT2D eigenvalue weighted by atomic mass is 9.91. The van der Waals surface area contributed by atoms with Crippen LogP contribution in [0.4, 0.5) is 5.82 Å². The lowest BCUT2D eigenvalue weighted by molar-refractivity contribution is -0.188. The maximum Gasteiger partial charge on any atom is 0.348 e. The molecule has 3 heterocycles. The Bertz CT molecular complexity index is 1290. The third-order valence-electron chi connectivity index (χ3n) is 5.60. The number of aromatic nitrogens is 4. The molecular formula is C21H19ClN6O6. The molecule has 1 aromatic carbocycles. The number of hydrogen-bond donors (Lipinski definition) is 3. The Balaban J connectivity index is 1.51. The number of nitrogen functional groups attached to an aromatic ring is 1. The molecule has 13 heteroatoms. The van der Waals surface area contributed by atoms with Gasteiger partial charge >= 0.3 is 11.9 Å². The first kappa shape index (κ1) is 23.4. The molecule has 1 saturated heterocycles. The molecule has 0 spiro atoms. The normalized spacial score (nSPS) is 18.1. The minimum atomic E-state index is -2.59. The van der Waals surface area contributed by atoms with Crippen molar-refractivity contribution in [1.29, 1.82) is 5.26 Å². The Hall–Kier alpha value is -3.79. The third-order valence-corrected chi connectivity index (χ3v) is 5.77. The second-order valence-electron chi connectivity index (χ2n) is 7.69. The van der Waals surface area contributed by atoms with Crippen molar-refractivity contribution in [2.24, 2.45) is 0 Å². The van der Waals surface area contributed by atoms with E-state index in [1.807, 2.05) is 6.07 Å². The highest BCUT2D eigenvalue weighted by molar-refractivity contribution is 6.28. The molecule has 0 bridgehead atoms. The number of benzene rings is 1. The van der Waals surface area contributed by atoms with E-state index in [4.69, 9.17) is 26.8 Å². The summed E-state index contributed by atoms with van der Waals surface area (Å²) in [4.78, 5) is 36.3. The summed E-state index contributed by atoms with van der Waals surface area (Å²) in [6.45, 7) is -0.297. The van der Waals surface area contributed by atoms with Gasteiger partial charge in [-0.2, -0.15) is 15.2 Å². The average Bonchev–Trinajstić information content (AvgIpc) is 3.43. The molecule has 0 saturated carbocycles. The molecule has 34 heavy (non-hydrogen) atoms. The number of hydrogen-bond acceptors (Lipinski definition) is 9. The van der Waals surface area contributed by atoms with Gasteiger partial charge in [0.25, 0.3) is 5.60 Å². The van der Waals surface area contributed by atoms with Gasteiger partial charge in [0.2, 0.25) is 5.28 Å². The van der Waals surface area contributed by atoms with Gasteiger partial charge in [0.15, 0.2) is 11.5 Å². The van der Waals surface area contributed by atoms with E-state index in [1.54, 1.807) is 16.7 Å². The molecule has 3 aromatic rings. The van der Waals surface area contributed by atoms with Crippen molar-refractivity contribution in [1.82, 2.24) is 19.5 Å². The number of nitriles is 1. The van der Waals surface area contributed by atoms with Crippen molar-refractivity contribution in [3.63, 3.8) is 0 Å². The second kappa shape index (κ2) is 9.22. The van der Waals surface area contributed by atoms with E-state index in [0.717, 1.165) is 0 Å². The minimum Gasteiger partial charge on any atom is -0.479 e. The molecule has 4 N–H and O–H groups in total. The molecule has 4 rings (SSSR count). The summed E-state index contributed by atoms with van der Waals surface area (Å²) in [5.41, 5.74) is 4.39. The zero-order valence-electron chi connectivity index (χ0n) is 17.6. The molecule has 1 aliphatic rings. The fourth-order valence-electron chi connectivity index (χ4n) is 3.84. The van der Waals surface area contributed by atoms with E-state index >= 15 is 0 Å². The number of ether oxygens (including phenoxy) is 2. The van der Waals surface area contributed by atoms with E-state index in [2.05, 4.69) is 15.0 Å². The number of carboxylic acid groups (broad SMARTS) is 2. The van der Waals surface area contributed by atoms with E-state index in [0.29, 0.717) is 24.0 Å². The quantitative estimate of drug-likeness (QED) is 0.311. The molecule has 0 aliphatic carbocycles. The maximum atomic E-state index is 12.1. The molecule has 2 aromatic heterocycles. The SMILES string of the molecule is N#Cc1ccccc1CC(OC[C@@H]1CC[C@H](n2cnc3c(N)nc(Cl)nc32)O1)(C(=O)O)C(=O)O. The standard InChI is InChI=1S/C21H19ClN6O6/c22-20-26-16(24)15-17(27-20)28(10-25-15)14-6-5-13(34-14)9-33-21(18(29)30,19(31)32)7-11-3-1-2-4-12(11)8-23/h1-4,10,13-14H,5-7,9H2,(H,29,30)(H,31,32)(H2,24,26,27)/t13-,14+/m0/s1. The summed E-state index contributed by atoms with van der Waals surface area (Å²) < 4.78 is 13.1. The van der Waals surface area contributed by atoms with E-state index in [-0.39, 0.29) is 28.8 Å². The summed E-state index contributed by atoms with van der Waals surface area (Å²) in [6, 6.07) is 8.10. The molecule has 0 amide bonds. The van der Waals surface area contributed by atoms with Crippen LogP contribution in [0.2, 0.25) is 5.28 Å². The van der Waals surface area contributed by atoms with Gasteiger partial charge in [-0.3, -0.25) is 4.57 Å². The minimum absolute atomic E-state index is 0.0463. The van der Waals surface area contributed by atoms with Gasteiger partial charge in [-0.1, -0.05) is 18.2 Å². The number of anilines is 1. The Morgan fingerprint density at radius 3 is 2.74 bits per heavy atom. The molecule has 0 radical (unpaired) electrons. The summed E-state index contributed by atoms with van der Waals surface area (Å²) in [5.74, 6) is -3.23. The fourth-order valence-corrected chi connectivity index (χ4v) is 4.01. The van der Waals surface area contributed by atoms with Crippen molar-refractivity contribution in [2.75, 3.05) is 12.3 Å². The lowest BCUT2D eigenvalue weighted by Gasteiger charge is -2.27. The van der Waals surface area contributed by atoms with Gasteiger partial charge in [0.1, 0.15) is 11.7 Å². The highest BCUT2D eigenvalue weighted by Crippen LogP contribution is 2.33. The monoisotopic (exact) mass is 486 g/mol. The maximum absolute atomic E-state index is 12.1. The van der Waals surface area contributed by atoms with Crippen LogP contribution >= 0.6 is 11.6 Å². The second-order valence-corrected chi connectivity index (χ2v) is 8.02. The van der Waals surface area contributed by atoms with Crippen LogP contribution in [0.1, 0.15) is 30.2 Å². The van der Waals surface area contributed by atoms with E-state index < -0.39 is 36.3 Å². The fraction of sp³-hybridized carbons (Fsp3) is 0.333. The third kappa shape index (κ3) is 4.24. The zero-order valence-corrected chi connectivity index (χ0v) is 18.3. The van der Waals surface area contributed by atoms with Gasteiger partial charge in [-0.25, -0.2) is 14.6 Å². The zero-order chi connectivity index (χ0) is 24.5. The van der Waals surface area contributed by atoms with Crippen LogP contribution in [-0.2, 0) is 25.5 Å².